The Morgan fingerprint density at radius 1 is 1.36 bits per heavy atom. The van der Waals surface area contributed by atoms with Gasteiger partial charge in [0.1, 0.15) is 17.9 Å². The minimum atomic E-state index is -1.14. The van der Waals surface area contributed by atoms with Crippen LogP contribution in [0.2, 0.25) is 0 Å². The number of primary amides is 1. The van der Waals surface area contributed by atoms with E-state index in [1.54, 1.807) is 13.8 Å². The van der Waals surface area contributed by atoms with Crippen LogP contribution in [-0.4, -0.2) is 42.7 Å². The lowest BCUT2D eigenvalue weighted by molar-refractivity contribution is -0.148. The third-order valence-corrected chi connectivity index (χ3v) is 3.72. The summed E-state index contributed by atoms with van der Waals surface area (Å²) in [6, 6.07) is 9.15. The van der Waals surface area contributed by atoms with Crippen molar-refractivity contribution < 1.29 is 19.1 Å². The van der Waals surface area contributed by atoms with Gasteiger partial charge >= 0.3 is 0 Å². The highest BCUT2D eigenvalue weighted by molar-refractivity contribution is 6.21. The second-order valence-electron chi connectivity index (χ2n) is 5.53. The van der Waals surface area contributed by atoms with E-state index in [4.69, 9.17) is 15.2 Å². The number of nitrogens with two attached hydrogens (primary N) is 1. The van der Waals surface area contributed by atoms with Crippen molar-refractivity contribution in [1.82, 2.24) is 4.90 Å². The van der Waals surface area contributed by atoms with Crippen LogP contribution in [0.4, 0.5) is 0 Å². The van der Waals surface area contributed by atoms with Gasteiger partial charge in [-0.2, -0.15) is 0 Å². The number of carbonyl (C=O) groups excluding carboxylic acids is 2. The highest BCUT2D eigenvalue weighted by atomic mass is 16.5. The Morgan fingerprint density at radius 2 is 2.00 bits per heavy atom. The normalized spacial score (nSPS) is 15.8. The largest absolute Gasteiger partial charge is 0.474 e. The Kier molecular flexibility index (Phi) is 4.51. The molecule has 22 heavy (non-hydrogen) atoms. The molecular formula is C16H20N2O4. The second kappa shape index (κ2) is 6.19. The average molecular weight is 304 g/mol. The zero-order valence-electron chi connectivity index (χ0n) is 13.0. The maximum absolute atomic E-state index is 12.9. The van der Waals surface area contributed by atoms with Gasteiger partial charge in [0, 0.05) is 7.11 Å². The molecule has 2 N–H and O–H groups in total. The molecule has 1 aromatic carbocycles. The number of benzene rings is 1. The number of amides is 2. The van der Waals surface area contributed by atoms with Gasteiger partial charge in [-0.15, -0.1) is 0 Å². The molecule has 0 saturated heterocycles. The van der Waals surface area contributed by atoms with Gasteiger partial charge < -0.3 is 15.2 Å². The van der Waals surface area contributed by atoms with Crippen molar-refractivity contribution >= 4 is 17.4 Å². The average Bonchev–Trinajstić information content (AvgIpc) is 2.48. The zero-order valence-corrected chi connectivity index (χ0v) is 13.0. The summed E-state index contributed by atoms with van der Waals surface area (Å²) in [5.74, 6) is -0.435. The zero-order chi connectivity index (χ0) is 16.3. The number of nitrogens with zero attached hydrogens (tertiary/aromatic N) is 1. The number of carbonyl (C=O) groups is 2. The maximum Gasteiger partial charge on any atom is 0.261 e. The molecule has 1 heterocycles. The van der Waals surface area contributed by atoms with Crippen LogP contribution in [0.3, 0.4) is 0 Å². The molecule has 6 nitrogen and oxygen atoms in total. The van der Waals surface area contributed by atoms with Gasteiger partial charge in [0.15, 0.2) is 6.73 Å². The molecule has 1 aromatic rings. The van der Waals surface area contributed by atoms with Crippen LogP contribution in [0, 0.1) is 0 Å². The van der Waals surface area contributed by atoms with E-state index < -0.39 is 11.4 Å². The first-order valence-corrected chi connectivity index (χ1v) is 6.91. The van der Waals surface area contributed by atoms with E-state index in [1.165, 1.54) is 12.0 Å². The summed E-state index contributed by atoms with van der Waals surface area (Å²) in [6.45, 7) is 3.34. The van der Waals surface area contributed by atoms with E-state index in [-0.39, 0.29) is 19.2 Å². The molecule has 0 saturated carbocycles. The summed E-state index contributed by atoms with van der Waals surface area (Å²) in [4.78, 5) is 25.9. The van der Waals surface area contributed by atoms with Crippen molar-refractivity contribution in [3.05, 3.63) is 41.7 Å². The van der Waals surface area contributed by atoms with Crippen molar-refractivity contribution in [2.24, 2.45) is 5.73 Å². The predicted octanol–water partition coefficient (Wildman–Crippen LogP) is 1.12. The van der Waals surface area contributed by atoms with Gasteiger partial charge in [-0.05, 0) is 19.4 Å². The first kappa shape index (κ1) is 16.0. The van der Waals surface area contributed by atoms with E-state index in [0.717, 1.165) is 0 Å². The van der Waals surface area contributed by atoms with Crippen molar-refractivity contribution in [3.8, 4) is 0 Å². The fourth-order valence-electron chi connectivity index (χ4n) is 2.21. The molecule has 0 atom stereocenters. The Balaban J connectivity index is 2.48. The molecule has 118 valence electrons. The molecule has 0 aliphatic carbocycles. The third-order valence-electron chi connectivity index (χ3n) is 3.72. The van der Waals surface area contributed by atoms with Gasteiger partial charge in [0.2, 0.25) is 5.91 Å². The molecule has 6 heteroatoms. The van der Waals surface area contributed by atoms with Crippen LogP contribution >= 0.6 is 0 Å². The summed E-state index contributed by atoms with van der Waals surface area (Å²) in [5.41, 5.74) is 5.37. The van der Waals surface area contributed by atoms with Crippen molar-refractivity contribution in [3.63, 3.8) is 0 Å². The molecule has 1 aliphatic rings. The van der Waals surface area contributed by atoms with E-state index in [1.807, 2.05) is 30.3 Å². The quantitative estimate of drug-likeness (QED) is 0.884. The van der Waals surface area contributed by atoms with Crippen LogP contribution in [0.1, 0.15) is 19.4 Å². The number of methoxy groups -OCH3 is 1. The summed E-state index contributed by atoms with van der Waals surface area (Å²) < 4.78 is 10.8. The van der Waals surface area contributed by atoms with Gasteiger partial charge in [0.25, 0.3) is 5.91 Å². The summed E-state index contributed by atoms with van der Waals surface area (Å²) in [5, 5.41) is 0. The van der Waals surface area contributed by atoms with Crippen LogP contribution in [0.15, 0.2) is 36.1 Å². The Morgan fingerprint density at radius 3 is 2.55 bits per heavy atom. The number of hydrogen-bond donors (Lipinski definition) is 1. The van der Waals surface area contributed by atoms with Gasteiger partial charge in [-0.1, -0.05) is 30.3 Å². The minimum absolute atomic E-state index is 0.0379. The smallest absolute Gasteiger partial charge is 0.261 e. The summed E-state index contributed by atoms with van der Waals surface area (Å²) >= 11 is 0. The predicted molar refractivity (Wildman–Crippen MR) is 81.3 cm³/mol. The molecule has 0 bridgehead atoms. The lowest BCUT2D eigenvalue weighted by Gasteiger charge is -2.39. The number of ether oxygens (including phenoxy) is 2. The first-order chi connectivity index (χ1) is 10.4. The highest BCUT2D eigenvalue weighted by Crippen LogP contribution is 2.30. The number of hydrogen-bond acceptors (Lipinski definition) is 4. The molecule has 2 rings (SSSR count). The van der Waals surface area contributed by atoms with Crippen molar-refractivity contribution in [1.29, 1.82) is 0 Å². The van der Waals surface area contributed by atoms with Crippen LogP contribution in [0.5, 0.6) is 0 Å². The lowest BCUT2D eigenvalue weighted by Crippen LogP contribution is -2.58. The highest BCUT2D eigenvalue weighted by Gasteiger charge is 2.41. The SMILES string of the molecule is COCC1=C(c2ccccc2)C(=O)N(C(C)(C)C(N)=O)CO1. The van der Waals surface area contributed by atoms with E-state index in [9.17, 15) is 9.59 Å². The molecule has 0 spiro atoms. The summed E-state index contributed by atoms with van der Waals surface area (Å²) in [6.07, 6.45) is 0. The van der Waals surface area contributed by atoms with Crippen molar-refractivity contribution in [2.75, 3.05) is 20.4 Å². The minimum Gasteiger partial charge on any atom is -0.474 e. The van der Waals surface area contributed by atoms with Gasteiger partial charge in [-0.3, -0.25) is 14.5 Å². The maximum atomic E-state index is 12.9. The molecule has 0 aromatic heterocycles. The first-order valence-electron chi connectivity index (χ1n) is 6.91. The fraction of sp³-hybridized carbons (Fsp3) is 0.375. The molecule has 0 unspecified atom stereocenters. The standard InChI is InChI=1S/C16H20N2O4/c1-16(2,15(17)20)18-10-22-12(9-21-3)13(14(18)19)11-7-5-4-6-8-11/h4-8H,9-10H2,1-3H3,(H2,17,20). The summed E-state index contributed by atoms with van der Waals surface area (Å²) in [7, 11) is 1.53. The van der Waals surface area contributed by atoms with Crippen molar-refractivity contribution in [2.45, 2.75) is 19.4 Å². The topological polar surface area (TPSA) is 81.9 Å². The molecule has 1 aliphatic heterocycles. The monoisotopic (exact) mass is 304 g/mol. The van der Waals surface area contributed by atoms with E-state index in [0.29, 0.717) is 16.9 Å². The van der Waals surface area contributed by atoms with E-state index in [2.05, 4.69) is 0 Å². The van der Waals surface area contributed by atoms with Crippen LogP contribution in [0.25, 0.3) is 5.57 Å². The Labute approximate surface area is 129 Å². The van der Waals surface area contributed by atoms with Crippen LogP contribution in [-0.2, 0) is 19.1 Å². The molecular weight excluding hydrogens is 284 g/mol. The van der Waals surface area contributed by atoms with Gasteiger partial charge in [-0.25, -0.2) is 0 Å². The van der Waals surface area contributed by atoms with E-state index >= 15 is 0 Å². The number of rotatable bonds is 5. The Bertz CT molecular complexity index is 608. The lowest BCUT2D eigenvalue weighted by atomic mass is 9.97. The molecule has 0 radical (unpaired) electrons. The van der Waals surface area contributed by atoms with Crippen LogP contribution < -0.4 is 5.73 Å². The third kappa shape index (κ3) is 2.82. The Hall–Kier alpha value is -2.34. The van der Waals surface area contributed by atoms with Gasteiger partial charge in [0.05, 0.1) is 5.57 Å². The fourth-order valence-corrected chi connectivity index (χ4v) is 2.21. The second-order valence-corrected chi connectivity index (χ2v) is 5.53. The molecule has 2 amide bonds. The molecule has 0 fully saturated rings.